The van der Waals surface area contributed by atoms with Crippen molar-refractivity contribution in [3.05, 3.63) is 0 Å². The van der Waals surface area contributed by atoms with Gasteiger partial charge in [0, 0.05) is 25.7 Å². The number of carbonyl (C=O) groups excluding carboxylic acids is 4. The number of hydrogen-bond acceptors (Lipinski definition) is 15. The molecule has 6 atom stereocenters. The van der Waals surface area contributed by atoms with Crippen molar-refractivity contribution in [3.63, 3.8) is 0 Å². The van der Waals surface area contributed by atoms with E-state index in [-0.39, 0.29) is 25.7 Å². The van der Waals surface area contributed by atoms with Crippen LogP contribution in [-0.2, 0) is 65.4 Å². The van der Waals surface area contributed by atoms with Crippen molar-refractivity contribution in [1.29, 1.82) is 0 Å². The van der Waals surface area contributed by atoms with Crippen LogP contribution in [0.4, 0.5) is 0 Å². The van der Waals surface area contributed by atoms with Crippen LogP contribution in [0.25, 0.3) is 0 Å². The van der Waals surface area contributed by atoms with Gasteiger partial charge < -0.3 is 33.8 Å². The minimum atomic E-state index is -4.95. The maximum absolute atomic E-state index is 13.0. The molecular formula is C72H140O17P2. The quantitative estimate of drug-likeness (QED) is 0.0222. The van der Waals surface area contributed by atoms with Gasteiger partial charge in [0.2, 0.25) is 0 Å². The minimum Gasteiger partial charge on any atom is -0.462 e. The van der Waals surface area contributed by atoms with Crippen LogP contribution in [0.15, 0.2) is 0 Å². The Morgan fingerprint density at radius 3 is 0.780 bits per heavy atom. The van der Waals surface area contributed by atoms with E-state index in [1.54, 1.807) is 0 Å². The largest absolute Gasteiger partial charge is 0.472 e. The van der Waals surface area contributed by atoms with E-state index < -0.39 is 97.5 Å². The van der Waals surface area contributed by atoms with Crippen molar-refractivity contribution in [3.8, 4) is 0 Å². The van der Waals surface area contributed by atoms with E-state index in [1.807, 2.05) is 0 Å². The Hall–Kier alpha value is -1.94. The lowest BCUT2D eigenvalue weighted by atomic mass is 9.99. The van der Waals surface area contributed by atoms with Gasteiger partial charge in [-0.3, -0.25) is 37.3 Å². The summed E-state index contributed by atoms with van der Waals surface area (Å²) in [5.41, 5.74) is 0. The molecule has 3 unspecified atom stereocenters. The number of aliphatic hydroxyl groups excluding tert-OH is 1. The number of esters is 4. The lowest BCUT2D eigenvalue weighted by molar-refractivity contribution is -0.161. The molecule has 0 saturated heterocycles. The van der Waals surface area contributed by atoms with Crippen molar-refractivity contribution in [2.45, 2.75) is 375 Å². The predicted octanol–water partition coefficient (Wildman–Crippen LogP) is 20.5. The number of aliphatic hydroxyl groups is 1. The van der Waals surface area contributed by atoms with Gasteiger partial charge in [-0.1, -0.05) is 306 Å². The van der Waals surface area contributed by atoms with Crippen molar-refractivity contribution in [1.82, 2.24) is 0 Å². The van der Waals surface area contributed by atoms with Crippen molar-refractivity contribution in [2.24, 2.45) is 23.7 Å². The minimum absolute atomic E-state index is 0.104. The Labute approximate surface area is 556 Å². The van der Waals surface area contributed by atoms with E-state index in [0.717, 1.165) is 114 Å². The summed E-state index contributed by atoms with van der Waals surface area (Å²) in [6, 6.07) is 0. The SMILES string of the molecule is CCC(C)CCCCCCCCCCC(=O)O[C@H](COC(=O)CCCCCCCCCCCCC(C)C)COP(=O)(O)OC[C@@H](O)COP(=O)(O)OC[C@@H](COC(=O)CCCCCCCCC(C)C)OC(=O)CCCCCCCCCCCCCCCCC(C)C. The highest BCUT2D eigenvalue weighted by Gasteiger charge is 2.30. The summed E-state index contributed by atoms with van der Waals surface area (Å²) < 4.78 is 68.3. The lowest BCUT2D eigenvalue weighted by Gasteiger charge is -2.21. The first-order chi connectivity index (χ1) is 43.6. The number of ether oxygens (including phenoxy) is 4. The first kappa shape index (κ1) is 89.1. The second kappa shape index (κ2) is 61.6. The average molecular weight is 1340 g/mol. The van der Waals surface area contributed by atoms with Crippen LogP contribution >= 0.6 is 15.6 Å². The van der Waals surface area contributed by atoms with Gasteiger partial charge in [0.05, 0.1) is 26.4 Å². The Morgan fingerprint density at radius 1 is 0.308 bits per heavy atom. The van der Waals surface area contributed by atoms with Crippen LogP contribution in [0, 0.1) is 23.7 Å². The highest BCUT2D eigenvalue weighted by molar-refractivity contribution is 7.47. The zero-order valence-electron chi connectivity index (χ0n) is 59.5. The zero-order valence-corrected chi connectivity index (χ0v) is 61.3. The van der Waals surface area contributed by atoms with Gasteiger partial charge in [0.15, 0.2) is 12.2 Å². The molecular weight excluding hydrogens is 1200 g/mol. The van der Waals surface area contributed by atoms with Crippen LogP contribution in [0.3, 0.4) is 0 Å². The summed E-state index contributed by atoms with van der Waals surface area (Å²) in [4.78, 5) is 72.6. The van der Waals surface area contributed by atoms with E-state index in [2.05, 4.69) is 55.4 Å². The van der Waals surface area contributed by atoms with E-state index in [9.17, 15) is 43.2 Å². The molecule has 91 heavy (non-hydrogen) atoms. The second-order valence-electron chi connectivity index (χ2n) is 27.6. The fourth-order valence-corrected chi connectivity index (χ4v) is 12.4. The third kappa shape index (κ3) is 65.1. The third-order valence-corrected chi connectivity index (χ3v) is 18.8. The third-order valence-electron chi connectivity index (χ3n) is 16.9. The van der Waals surface area contributed by atoms with E-state index in [4.69, 9.17) is 37.0 Å². The van der Waals surface area contributed by atoms with Gasteiger partial charge in [0.25, 0.3) is 0 Å². The molecule has 0 saturated carbocycles. The molecule has 0 aliphatic carbocycles. The number of rotatable bonds is 69. The fourth-order valence-electron chi connectivity index (χ4n) is 10.8. The Morgan fingerprint density at radius 2 is 0.527 bits per heavy atom. The highest BCUT2D eigenvalue weighted by atomic mass is 31.2. The van der Waals surface area contributed by atoms with Crippen LogP contribution in [-0.4, -0.2) is 96.7 Å². The average Bonchev–Trinajstić information content (AvgIpc) is 3.68. The first-order valence-corrected chi connectivity index (χ1v) is 40.2. The van der Waals surface area contributed by atoms with Crippen molar-refractivity contribution < 1.29 is 80.2 Å². The number of phosphoric acid groups is 2. The molecule has 0 rings (SSSR count). The topological polar surface area (TPSA) is 237 Å². The molecule has 0 spiro atoms. The summed E-state index contributed by atoms with van der Waals surface area (Å²) in [6.07, 6.45) is 44.5. The van der Waals surface area contributed by atoms with Gasteiger partial charge in [-0.25, -0.2) is 9.13 Å². The zero-order chi connectivity index (χ0) is 67.5. The van der Waals surface area contributed by atoms with Crippen molar-refractivity contribution >= 4 is 39.5 Å². The molecule has 0 aromatic rings. The smallest absolute Gasteiger partial charge is 0.462 e. The Balaban J connectivity index is 5.23. The lowest BCUT2D eigenvalue weighted by Crippen LogP contribution is -2.30. The summed E-state index contributed by atoms with van der Waals surface area (Å²) in [5.74, 6) is 0.873. The molecule has 0 bridgehead atoms. The molecule has 3 N–H and O–H groups in total. The van der Waals surface area contributed by atoms with Gasteiger partial charge in [-0.2, -0.15) is 0 Å². The molecule has 0 aliphatic rings. The molecule has 0 amide bonds. The monoisotopic (exact) mass is 1340 g/mol. The van der Waals surface area contributed by atoms with Gasteiger partial charge in [0.1, 0.15) is 19.3 Å². The van der Waals surface area contributed by atoms with Crippen molar-refractivity contribution in [2.75, 3.05) is 39.6 Å². The molecule has 17 nitrogen and oxygen atoms in total. The van der Waals surface area contributed by atoms with Crippen LogP contribution in [0.2, 0.25) is 0 Å². The Kier molecular flexibility index (Phi) is 60.3. The Bertz CT molecular complexity index is 1800. The molecule has 540 valence electrons. The fraction of sp³-hybridized carbons (Fsp3) is 0.944. The maximum Gasteiger partial charge on any atom is 0.472 e. The second-order valence-corrected chi connectivity index (χ2v) is 30.6. The van der Waals surface area contributed by atoms with E-state index in [1.165, 1.54) is 154 Å². The predicted molar refractivity (Wildman–Crippen MR) is 367 cm³/mol. The molecule has 0 radical (unpaired) electrons. The molecule has 0 aromatic heterocycles. The van der Waals surface area contributed by atoms with E-state index >= 15 is 0 Å². The summed E-state index contributed by atoms with van der Waals surface area (Å²) in [7, 11) is -9.91. The number of hydrogen-bond donors (Lipinski definition) is 3. The number of carbonyl (C=O) groups is 4. The van der Waals surface area contributed by atoms with Gasteiger partial charge in [-0.05, 0) is 49.4 Å². The first-order valence-electron chi connectivity index (χ1n) is 37.2. The summed E-state index contributed by atoms with van der Waals surface area (Å²) in [6.45, 7) is 14.1. The maximum atomic E-state index is 13.0. The summed E-state index contributed by atoms with van der Waals surface area (Å²) >= 11 is 0. The molecule has 0 aromatic carbocycles. The highest BCUT2D eigenvalue weighted by Crippen LogP contribution is 2.45. The van der Waals surface area contributed by atoms with Gasteiger partial charge >= 0.3 is 39.5 Å². The van der Waals surface area contributed by atoms with E-state index in [0.29, 0.717) is 31.6 Å². The molecule has 19 heteroatoms. The summed E-state index contributed by atoms with van der Waals surface area (Å²) in [5, 5.41) is 10.6. The molecule has 0 aliphatic heterocycles. The number of phosphoric ester groups is 2. The molecule has 0 heterocycles. The van der Waals surface area contributed by atoms with Crippen LogP contribution in [0.1, 0.15) is 357 Å². The molecule has 0 fully saturated rings. The number of unbranched alkanes of at least 4 members (excludes halogenated alkanes) is 34. The van der Waals surface area contributed by atoms with Gasteiger partial charge in [-0.15, -0.1) is 0 Å². The standard InChI is InChI=1S/C72H140O17P2/c1-9-65(8)51-43-35-26-22-23-29-39-47-55-72(77)89-67(58-82-69(74)52-44-36-27-20-17-16-19-25-33-41-49-63(4)5)60-86-90(78,79)84-56-66(73)57-85-91(80,81)87-61-68(59-83-70(75)53-45-37-31-30-34-42-50-64(6)7)88-71(76)54-46-38-28-21-15-13-11-10-12-14-18-24-32-40-48-62(2)3/h62-68,73H,9-61H2,1-8H3,(H,78,79)(H,80,81)/t65?,66-,67-,68-/m1/s1. The van der Waals surface area contributed by atoms with Crippen LogP contribution in [0.5, 0.6) is 0 Å². The normalized spacial score (nSPS) is 14.5. The van der Waals surface area contributed by atoms with Crippen LogP contribution < -0.4 is 0 Å².